The van der Waals surface area contributed by atoms with Crippen LogP contribution in [0.25, 0.3) is 10.4 Å². The molecule has 16 heavy (non-hydrogen) atoms. The molecule has 0 amide bonds. The molecule has 0 saturated carbocycles. The van der Waals surface area contributed by atoms with Crippen LogP contribution in [0.1, 0.15) is 23.7 Å². The molecule has 0 bridgehead atoms. The number of carbonyl (C=O) groups is 1. The van der Waals surface area contributed by atoms with E-state index >= 15 is 0 Å². The number of aliphatic hydroxyl groups excluding tert-OH is 1. The zero-order valence-corrected chi connectivity index (χ0v) is 8.95. The highest BCUT2D eigenvalue weighted by Crippen LogP contribution is 2.12. The second-order valence-corrected chi connectivity index (χ2v) is 3.36. The molecule has 2 atom stereocenters. The first-order valence-electron chi connectivity index (χ1n) is 5.02. The van der Waals surface area contributed by atoms with Crippen molar-refractivity contribution < 1.29 is 9.90 Å². The first-order valence-corrected chi connectivity index (χ1v) is 5.02. The molecule has 0 aliphatic heterocycles. The van der Waals surface area contributed by atoms with Crippen LogP contribution in [0.3, 0.4) is 0 Å². The maximum atomic E-state index is 11.9. The zero-order valence-electron chi connectivity index (χ0n) is 8.95. The Hall–Kier alpha value is -1.84. The second-order valence-electron chi connectivity index (χ2n) is 3.36. The summed E-state index contributed by atoms with van der Waals surface area (Å²) < 4.78 is 0. The molecular formula is C11H13N3O2. The molecule has 0 unspecified atom stereocenters. The molecule has 1 N–H and O–H groups in total. The van der Waals surface area contributed by atoms with Crippen LogP contribution in [0, 0.1) is 0 Å². The first kappa shape index (κ1) is 12.2. The van der Waals surface area contributed by atoms with Crippen molar-refractivity contribution in [2.24, 2.45) is 5.11 Å². The predicted octanol–water partition coefficient (Wildman–Crippen LogP) is 2.32. The number of carbonyl (C=O) groups excluding carboxylic acids is 1. The van der Waals surface area contributed by atoms with Crippen molar-refractivity contribution in [2.75, 3.05) is 0 Å². The lowest BCUT2D eigenvalue weighted by Gasteiger charge is -2.15. The van der Waals surface area contributed by atoms with Crippen LogP contribution in [0.4, 0.5) is 0 Å². The van der Waals surface area contributed by atoms with Gasteiger partial charge in [0.2, 0.25) is 0 Å². The number of nitrogens with zero attached hydrogens (tertiary/aromatic N) is 3. The van der Waals surface area contributed by atoms with Crippen LogP contribution in [0.15, 0.2) is 35.4 Å². The van der Waals surface area contributed by atoms with Gasteiger partial charge in [-0.25, -0.2) is 0 Å². The van der Waals surface area contributed by atoms with Gasteiger partial charge < -0.3 is 5.11 Å². The topological polar surface area (TPSA) is 86.1 Å². The number of hydrogen-bond acceptors (Lipinski definition) is 3. The Balaban J connectivity index is 2.96. The van der Waals surface area contributed by atoms with Gasteiger partial charge in [-0.3, -0.25) is 4.79 Å². The number of ketones is 1. The summed E-state index contributed by atoms with van der Waals surface area (Å²) in [6.45, 7) is 1.73. The number of rotatable bonds is 5. The van der Waals surface area contributed by atoms with Crippen molar-refractivity contribution in [1.29, 1.82) is 0 Å². The van der Waals surface area contributed by atoms with Gasteiger partial charge >= 0.3 is 0 Å². The zero-order chi connectivity index (χ0) is 12.0. The van der Waals surface area contributed by atoms with Gasteiger partial charge in [-0.1, -0.05) is 42.4 Å². The van der Waals surface area contributed by atoms with Gasteiger partial charge in [-0.05, 0) is 12.0 Å². The molecule has 0 fully saturated rings. The molecule has 5 nitrogen and oxygen atoms in total. The molecule has 1 rings (SSSR count). The summed E-state index contributed by atoms with van der Waals surface area (Å²) in [5, 5.41) is 12.9. The van der Waals surface area contributed by atoms with E-state index in [1.54, 1.807) is 37.3 Å². The smallest absolute Gasteiger partial charge is 0.174 e. The number of azide groups is 1. The van der Waals surface area contributed by atoms with Gasteiger partial charge in [0.25, 0.3) is 0 Å². The average Bonchev–Trinajstić information content (AvgIpc) is 2.35. The molecule has 5 heteroatoms. The highest BCUT2D eigenvalue weighted by atomic mass is 16.3. The molecule has 0 aliphatic carbocycles. The Morgan fingerprint density at radius 2 is 2.12 bits per heavy atom. The van der Waals surface area contributed by atoms with E-state index in [2.05, 4.69) is 10.0 Å². The minimum absolute atomic E-state index is 0.354. The lowest BCUT2D eigenvalue weighted by molar-refractivity contribution is 0.0812. The first-order chi connectivity index (χ1) is 7.70. The lowest BCUT2D eigenvalue weighted by Crippen LogP contribution is -2.31. The van der Waals surface area contributed by atoms with E-state index in [1.807, 2.05) is 0 Å². The summed E-state index contributed by atoms with van der Waals surface area (Å²) >= 11 is 0. The fourth-order valence-electron chi connectivity index (χ4n) is 1.36. The van der Waals surface area contributed by atoms with E-state index in [-0.39, 0.29) is 5.78 Å². The largest absolute Gasteiger partial charge is 0.392 e. The summed E-state index contributed by atoms with van der Waals surface area (Å²) in [5.41, 5.74) is 8.81. The van der Waals surface area contributed by atoms with Gasteiger partial charge in [0.1, 0.15) is 6.04 Å². The number of benzene rings is 1. The lowest BCUT2D eigenvalue weighted by atomic mass is 9.99. The molecule has 0 aromatic heterocycles. The summed E-state index contributed by atoms with van der Waals surface area (Å²) in [4.78, 5) is 14.5. The standard InChI is InChI=1S/C11H13N3O2/c1-2-9(15)10(13-14-12)11(16)8-6-4-3-5-7-8/h3-7,9-10,15H,2H2,1H3/t9-,10+/m1/s1. The number of hydrogen-bond donors (Lipinski definition) is 1. The molecule has 1 aromatic rings. The van der Waals surface area contributed by atoms with Gasteiger partial charge in [0.15, 0.2) is 5.78 Å². The minimum Gasteiger partial charge on any atom is -0.392 e. The van der Waals surface area contributed by atoms with E-state index in [9.17, 15) is 9.90 Å². The van der Waals surface area contributed by atoms with E-state index in [1.165, 1.54) is 0 Å². The van der Waals surface area contributed by atoms with Crippen molar-refractivity contribution in [1.82, 2.24) is 0 Å². The van der Waals surface area contributed by atoms with Gasteiger partial charge in [-0.15, -0.1) is 0 Å². The fourth-order valence-corrected chi connectivity index (χ4v) is 1.36. The Morgan fingerprint density at radius 1 is 1.50 bits per heavy atom. The Labute approximate surface area is 93.3 Å². The van der Waals surface area contributed by atoms with Crippen LogP contribution in [-0.4, -0.2) is 23.0 Å². The Morgan fingerprint density at radius 3 is 2.62 bits per heavy atom. The Bertz CT molecular complexity index is 399. The summed E-state index contributed by atoms with van der Waals surface area (Å²) in [7, 11) is 0. The Kier molecular flexibility index (Phi) is 4.51. The normalized spacial score (nSPS) is 13.6. The maximum Gasteiger partial charge on any atom is 0.174 e. The van der Waals surface area contributed by atoms with E-state index in [0.717, 1.165) is 0 Å². The third-order valence-corrected chi connectivity index (χ3v) is 2.29. The summed E-state index contributed by atoms with van der Waals surface area (Å²) in [5.74, 6) is -0.354. The molecule has 84 valence electrons. The van der Waals surface area contributed by atoms with E-state index in [4.69, 9.17) is 5.53 Å². The molecule has 0 heterocycles. The third kappa shape index (κ3) is 2.82. The van der Waals surface area contributed by atoms with Gasteiger partial charge in [-0.2, -0.15) is 0 Å². The van der Waals surface area contributed by atoms with Crippen LogP contribution in [0.5, 0.6) is 0 Å². The fraction of sp³-hybridized carbons (Fsp3) is 0.364. The van der Waals surface area contributed by atoms with Gasteiger partial charge in [0, 0.05) is 10.5 Å². The van der Waals surface area contributed by atoms with Crippen LogP contribution < -0.4 is 0 Å². The molecular weight excluding hydrogens is 206 g/mol. The number of aliphatic hydroxyl groups is 1. The van der Waals surface area contributed by atoms with E-state index in [0.29, 0.717) is 12.0 Å². The van der Waals surface area contributed by atoms with Gasteiger partial charge in [0.05, 0.1) is 6.10 Å². The summed E-state index contributed by atoms with van der Waals surface area (Å²) in [6.07, 6.45) is -0.578. The molecule has 0 aliphatic rings. The van der Waals surface area contributed by atoms with Crippen LogP contribution in [-0.2, 0) is 0 Å². The quantitative estimate of drug-likeness (QED) is 0.356. The van der Waals surface area contributed by atoms with Crippen molar-refractivity contribution in [3.63, 3.8) is 0 Å². The van der Waals surface area contributed by atoms with Crippen molar-refractivity contribution >= 4 is 5.78 Å². The van der Waals surface area contributed by atoms with Crippen molar-refractivity contribution in [2.45, 2.75) is 25.5 Å². The van der Waals surface area contributed by atoms with E-state index < -0.39 is 12.1 Å². The second kappa shape index (κ2) is 5.90. The molecule has 0 spiro atoms. The predicted molar refractivity (Wildman–Crippen MR) is 60.0 cm³/mol. The highest BCUT2D eigenvalue weighted by molar-refractivity contribution is 6.00. The average molecular weight is 219 g/mol. The molecule has 0 radical (unpaired) electrons. The van der Waals surface area contributed by atoms with Crippen molar-refractivity contribution in [3.8, 4) is 0 Å². The monoisotopic (exact) mass is 219 g/mol. The third-order valence-electron chi connectivity index (χ3n) is 2.29. The maximum absolute atomic E-state index is 11.9. The van der Waals surface area contributed by atoms with Crippen LogP contribution >= 0.6 is 0 Å². The SMILES string of the molecule is CC[C@@H](O)[C@H](N=[N+]=[N-])C(=O)c1ccccc1. The molecule has 0 saturated heterocycles. The van der Waals surface area contributed by atoms with Crippen LogP contribution in [0.2, 0.25) is 0 Å². The highest BCUT2D eigenvalue weighted by Gasteiger charge is 2.25. The molecule has 1 aromatic carbocycles. The van der Waals surface area contributed by atoms with Crippen molar-refractivity contribution in [3.05, 3.63) is 46.3 Å². The minimum atomic E-state index is -1.04. The number of Topliss-reactive ketones (excluding diaryl/α,β-unsaturated/α-hetero) is 1. The summed E-state index contributed by atoms with van der Waals surface area (Å²) in [6, 6.07) is 7.44.